The second kappa shape index (κ2) is 11.1. The van der Waals surface area contributed by atoms with E-state index < -0.39 is 17.6 Å². The highest BCUT2D eigenvalue weighted by Crippen LogP contribution is 2.34. The van der Waals surface area contributed by atoms with Gasteiger partial charge in [0.1, 0.15) is 0 Å². The van der Waals surface area contributed by atoms with Crippen molar-refractivity contribution in [1.82, 2.24) is 9.99 Å². The van der Waals surface area contributed by atoms with Crippen LogP contribution in [0.2, 0.25) is 0 Å². The number of nitrogens with two attached hydrogens (primary N) is 2. The second-order valence-electron chi connectivity index (χ2n) is 8.53. The van der Waals surface area contributed by atoms with Crippen LogP contribution in [-0.4, -0.2) is 15.9 Å². The molecule has 0 saturated heterocycles. The Labute approximate surface area is 217 Å². The number of aryl methyl sites for hydroxylation is 1. The van der Waals surface area contributed by atoms with Gasteiger partial charge in [-0.05, 0) is 42.3 Å². The second-order valence-corrected chi connectivity index (χ2v) is 8.53. The Morgan fingerprint density at radius 3 is 2.58 bits per heavy atom. The van der Waals surface area contributed by atoms with E-state index >= 15 is 0 Å². The van der Waals surface area contributed by atoms with Gasteiger partial charge in [-0.1, -0.05) is 48.2 Å². The summed E-state index contributed by atoms with van der Waals surface area (Å²) < 4.78 is 41.1. The first-order chi connectivity index (χ1) is 18.2. The fourth-order valence-corrected chi connectivity index (χ4v) is 3.87. The summed E-state index contributed by atoms with van der Waals surface area (Å²) in [5.74, 6) is 11.3. The first-order valence-electron chi connectivity index (χ1n) is 11.5. The number of aromatic nitrogens is 1. The summed E-state index contributed by atoms with van der Waals surface area (Å²) in [4.78, 5) is 17.2. The Balaban J connectivity index is 1.59. The number of amides is 1. The highest BCUT2D eigenvalue weighted by molar-refractivity contribution is 6.04. The molecule has 3 aromatic carbocycles. The minimum atomic E-state index is -4.65. The Bertz CT molecular complexity index is 1580. The van der Waals surface area contributed by atoms with Crippen LogP contribution in [0.15, 0.2) is 85.5 Å². The van der Waals surface area contributed by atoms with Crippen LogP contribution in [0.5, 0.6) is 0 Å². The fourth-order valence-electron chi connectivity index (χ4n) is 3.87. The van der Waals surface area contributed by atoms with E-state index in [0.717, 1.165) is 39.2 Å². The van der Waals surface area contributed by atoms with Crippen molar-refractivity contribution in [3.63, 3.8) is 0 Å². The zero-order chi connectivity index (χ0) is 27.3. The SMILES string of the molecule is Cc1ccc(C(=O)Nc2ccc(CN(N)/C=C\N)c(C(F)(F)F)c2)cc1C#Cc1cncc2ccccc12. The zero-order valence-electron chi connectivity index (χ0n) is 20.4. The van der Waals surface area contributed by atoms with E-state index in [-0.39, 0.29) is 23.4 Å². The van der Waals surface area contributed by atoms with Crippen molar-refractivity contribution in [2.75, 3.05) is 5.32 Å². The summed E-state index contributed by atoms with van der Waals surface area (Å²) in [5.41, 5.74) is 6.75. The van der Waals surface area contributed by atoms with Crippen molar-refractivity contribution < 1.29 is 18.0 Å². The molecule has 6 nitrogen and oxygen atoms in total. The summed E-state index contributed by atoms with van der Waals surface area (Å²) >= 11 is 0. The summed E-state index contributed by atoms with van der Waals surface area (Å²) in [7, 11) is 0. The van der Waals surface area contributed by atoms with Crippen molar-refractivity contribution in [1.29, 1.82) is 0 Å². The fraction of sp³-hybridized carbons (Fsp3) is 0.103. The molecule has 5 N–H and O–H groups in total. The van der Waals surface area contributed by atoms with Crippen LogP contribution < -0.4 is 16.9 Å². The number of hydrogen-bond acceptors (Lipinski definition) is 5. The number of rotatable bonds is 5. The molecule has 192 valence electrons. The number of nitrogens with zero attached hydrogens (tertiary/aromatic N) is 2. The number of alkyl halides is 3. The molecule has 0 atom stereocenters. The molecule has 9 heteroatoms. The van der Waals surface area contributed by atoms with Crippen LogP contribution in [0.25, 0.3) is 10.8 Å². The lowest BCUT2D eigenvalue weighted by molar-refractivity contribution is -0.138. The Kier molecular flexibility index (Phi) is 7.65. The van der Waals surface area contributed by atoms with Gasteiger partial charge in [-0.3, -0.25) is 9.78 Å². The lowest BCUT2D eigenvalue weighted by Crippen LogP contribution is -2.26. The van der Waals surface area contributed by atoms with E-state index in [2.05, 4.69) is 22.1 Å². The van der Waals surface area contributed by atoms with E-state index in [9.17, 15) is 18.0 Å². The first-order valence-corrected chi connectivity index (χ1v) is 11.5. The minimum Gasteiger partial charge on any atom is -0.403 e. The summed E-state index contributed by atoms with van der Waals surface area (Å²) in [6.45, 7) is 1.64. The topological polar surface area (TPSA) is 97.3 Å². The van der Waals surface area contributed by atoms with E-state index in [0.29, 0.717) is 5.56 Å². The maximum atomic E-state index is 13.7. The Morgan fingerprint density at radius 1 is 1.05 bits per heavy atom. The molecule has 0 aliphatic carbocycles. The molecule has 1 amide bonds. The molecular formula is C29H24F3N5O. The van der Waals surface area contributed by atoms with E-state index in [1.165, 1.54) is 18.3 Å². The van der Waals surface area contributed by atoms with Gasteiger partial charge in [0.2, 0.25) is 0 Å². The van der Waals surface area contributed by atoms with Gasteiger partial charge in [-0.25, -0.2) is 5.84 Å². The van der Waals surface area contributed by atoms with Gasteiger partial charge in [0.05, 0.1) is 17.7 Å². The minimum absolute atomic E-state index is 0.000877. The van der Waals surface area contributed by atoms with Crippen LogP contribution in [-0.2, 0) is 12.7 Å². The summed E-state index contributed by atoms with van der Waals surface area (Å²) in [5, 5.41) is 5.50. The molecule has 1 heterocycles. The molecule has 4 rings (SSSR count). The predicted molar refractivity (Wildman–Crippen MR) is 141 cm³/mol. The van der Waals surface area contributed by atoms with E-state index in [4.69, 9.17) is 11.6 Å². The maximum absolute atomic E-state index is 13.7. The Hall–Kier alpha value is -4.81. The number of fused-ring (bicyclic) bond motifs is 1. The predicted octanol–water partition coefficient (Wildman–Crippen LogP) is 5.32. The maximum Gasteiger partial charge on any atom is 0.416 e. The van der Waals surface area contributed by atoms with Crippen LogP contribution in [0.4, 0.5) is 18.9 Å². The highest BCUT2D eigenvalue weighted by atomic mass is 19.4. The summed E-state index contributed by atoms with van der Waals surface area (Å²) in [6, 6.07) is 16.2. The molecule has 0 bridgehead atoms. The number of anilines is 1. The van der Waals surface area contributed by atoms with Gasteiger partial charge in [-0.2, -0.15) is 13.2 Å². The van der Waals surface area contributed by atoms with Gasteiger partial charge in [0.25, 0.3) is 5.91 Å². The van der Waals surface area contributed by atoms with Gasteiger partial charge in [0, 0.05) is 52.4 Å². The number of nitrogens with one attached hydrogen (secondary N) is 1. The molecule has 0 aliphatic heterocycles. The molecule has 1 aromatic heterocycles. The van der Waals surface area contributed by atoms with Gasteiger partial charge in [-0.15, -0.1) is 0 Å². The van der Waals surface area contributed by atoms with Crippen molar-refractivity contribution >= 4 is 22.4 Å². The van der Waals surface area contributed by atoms with Crippen molar-refractivity contribution in [2.45, 2.75) is 19.6 Å². The van der Waals surface area contributed by atoms with Crippen molar-refractivity contribution in [3.8, 4) is 11.8 Å². The standard InChI is InChI=1S/C29H24F3N5O/c1-19-6-7-21(14-20(19)8-9-23-17-35-16-22-4-2-3-5-26(22)23)28(38)36-25-11-10-24(18-37(34)13-12-33)27(15-25)29(30,31)32/h2-7,10-17H,18,33-34H2,1H3,(H,36,38)/b13-12-. The van der Waals surface area contributed by atoms with Crippen LogP contribution in [0.3, 0.4) is 0 Å². The van der Waals surface area contributed by atoms with Crippen LogP contribution in [0.1, 0.15) is 38.2 Å². The quantitative estimate of drug-likeness (QED) is 0.190. The average Bonchev–Trinajstić information content (AvgIpc) is 2.88. The molecule has 0 spiro atoms. The molecule has 0 saturated carbocycles. The largest absolute Gasteiger partial charge is 0.416 e. The zero-order valence-corrected chi connectivity index (χ0v) is 20.4. The lowest BCUT2D eigenvalue weighted by atomic mass is 10.0. The highest BCUT2D eigenvalue weighted by Gasteiger charge is 2.34. The van der Waals surface area contributed by atoms with E-state index in [1.807, 2.05) is 31.2 Å². The van der Waals surface area contributed by atoms with Gasteiger partial charge >= 0.3 is 6.18 Å². The molecule has 0 fully saturated rings. The average molecular weight is 516 g/mol. The number of halogens is 3. The van der Waals surface area contributed by atoms with Crippen molar-refractivity contribution in [2.24, 2.45) is 11.6 Å². The number of pyridine rings is 1. The molecule has 38 heavy (non-hydrogen) atoms. The number of benzene rings is 3. The molecular weight excluding hydrogens is 491 g/mol. The normalized spacial score (nSPS) is 11.3. The van der Waals surface area contributed by atoms with Gasteiger partial charge < -0.3 is 16.1 Å². The number of hydrogen-bond donors (Lipinski definition) is 3. The first kappa shape index (κ1) is 26.3. The monoisotopic (exact) mass is 515 g/mol. The smallest absolute Gasteiger partial charge is 0.403 e. The summed E-state index contributed by atoms with van der Waals surface area (Å²) in [6.07, 6.45) is 1.17. The third-order valence-corrected chi connectivity index (χ3v) is 5.80. The number of carbonyl (C=O) groups is 1. The molecule has 0 radical (unpaired) electrons. The third kappa shape index (κ3) is 6.11. The van der Waals surface area contributed by atoms with E-state index in [1.54, 1.807) is 30.6 Å². The van der Waals surface area contributed by atoms with Gasteiger partial charge in [0.15, 0.2) is 0 Å². The van der Waals surface area contributed by atoms with Crippen LogP contribution in [0, 0.1) is 18.8 Å². The molecule has 0 aliphatic rings. The third-order valence-electron chi connectivity index (χ3n) is 5.80. The molecule has 0 unspecified atom stereocenters. The Morgan fingerprint density at radius 2 is 1.82 bits per heavy atom. The van der Waals surface area contributed by atoms with Crippen molar-refractivity contribution in [3.05, 3.63) is 119 Å². The van der Waals surface area contributed by atoms with Crippen LogP contribution >= 0.6 is 0 Å². The number of carbonyl (C=O) groups excluding carboxylic acids is 1. The number of hydrazine groups is 1. The molecule has 4 aromatic rings. The lowest BCUT2D eigenvalue weighted by Gasteiger charge is -2.19.